The predicted octanol–water partition coefficient (Wildman–Crippen LogP) is 3.31. The minimum Gasteiger partial charge on any atom is -0.493 e. The van der Waals surface area contributed by atoms with Crippen LogP contribution in [0.1, 0.15) is 18.0 Å². The first kappa shape index (κ1) is 13.1. The van der Waals surface area contributed by atoms with E-state index in [4.69, 9.17) is 10.5 Å². The van der Waals surface area contributed by atoms with Gasteiger partial charge in [0.15, 0.2) is 0 Å². The fraction of sp³-hybridized carbons (Fsp3) is 0.214. The molecule has 0 spiro atoms. The van der Waals surface area contributed by atoms with E-state index in [1.165, 1.54) is 0 Å². The van der Waals surface area contributed by atoms with Gasteiger partial charge in [-0.05, 0) is 29.8 Å². The Morgan fingerprint density at radius 3 is 2.89 bits per heavy atom. The minimum atomic E-state index is -0.0362. The predicted molar refractivity (Wildman–Crippen MR) is 75.4 cm³/mol. The molecule has 1 heterocycles. The largest absolute Gasteiger partial charge is 0.493 e. The molecule has 18 heavy (non-hydrogen) atoms. The third-order valence-electron chi connectivity index (χ3n) is 2.61. The number of ether oxygens (including phenoxy) is 1. The zero-order valence-electron chi connectivity index (χ0n) is 9.92. The Morgan fingerprint density at radius 2 is 2.17 bits per heavy atom. The number of pyridine rings is 1. The molecule has 1 aromatic heterocycles. The molecule has 1 atom stereocenters. The van der Waals surface area contributed by atoms with Gasteiger partial charge in [0.25, 0.3) is 0 Å². The number of nitrogens with zero attached hydrogens (tertiary/aromatic N) is 1. The molecular weight excluding hydrogens is 292 g/mol. The fourth-order valence-electron chi connectivity index (χ4n) is 1.62. The first-order valence-electron chi connectivity index (χ1n) is 5.79. The minimum absolute atomic E-state index is 0.0362. The molecule has 2 rings (SSSR count). The molecule has 0 bridgehead atoms. The maximum Gasteiger partial charge on any atom is 0.120 e. The quantitative estimate of drug-likeness (QED) is 0.922. The van der Waals surface area contributed by atoms with Crippen molar-refractivity contribution >= 4 is 15.9 Å². The Kier molecular flexibility index (Phi) is 4.73. The van der Waals surface area contributed by atoms with Gasteiger partial charge in [0.05, 0.1) is 6.61 Å². The molecule has 4 heteroatoms. The molecule has 0 aliphatic heterocycles. The molecule has 2 N–H and O–H groups in total. The number of hydrogen-bond donors (Lipinski definition) is 1. The second-order valence-electron chi connectivity index (χ2n) is 3.99. The van der Waals surface area contributed by atoms with E-state index in [0.29, 0.717) is 6.61 Å². The number of nitrogens with two attached hydrogens (primary N) is 1. The van der Waals surface area contributed by atoms with Crippen LogP contribution in [0.2, 0.25) is 0 Å². The van der Waals surface area contributed by atoms with Gasteiger partial charge in [-0.15, -0.1) is 0 Å². The maximum atomic E-state index is 6.06. The van der Waals surface area contributed by atoms with Crippen LogP contribution in [0, 0.1) is 0 Å². The summed E-state index contributed by atoms with van der Waals surface area (Å²) in [7, 11) is 0. The molecule has 0 aliphatic carbocycles. The summed E-state index contributed by atoms with van der Waals surface area (Å²) in [6, 6.07) is 11.6. The Balaban J connectivity index is 1.82. The lowest BCUT2D eigenvalue weighted by atomic mass is 10.1. The van der Waals surface area contributed by atoms with E-state index in [-0.39, 0.29) is 6.04 Å². The molecule has 0 radical (unpaired) electrons. The Labute approximate surface area is 115 Å². The first-order chi connectivity index (χ1) is 8.75. The Hall–Kier alpha value is -1.39. The van der Waals surface area contributed by atoms with Crippen LogP contribution in [0.15, 0.2) is 53.3 Å². The zero-order chi connectivity index (χ0) is 12.8. The number of halogens is 1. The summed E-state index contributed by atoms with van der Waals surface area (Å²) in [5.41, 5.74) is 7.10. The normalized spacial score (nSPS) is 12.1. The van der Waals surface area contributed by atoms with Crippen molar-refractivity contribution in [2.45, 2.75) is 12.5 Å². The number of aromatic nitrogens is 1. The Bertz CT molecular complexity index is 490. The van der Waals surface area contributed by atoms with Gasteiger partial charge in [0, 0.05) is 29.3 Å². The summed E-state index contributed by atoms with van der Waals surface area (Å²) in [6.07, 6.45) is 4.30. The lowest BCUT2D eigenvalue weighted by Gasteiger charge is -2.12. The highest BCUT2D eigenvalue weighted by atomic mass is 79.9. The van der Waals surface area contributed by atoms with Crippen LogP contribution in [0.3, 0.4) is 0 Å². The van der Waals surface area contributed by atoms with Gasteiger partial charge in [0.2, 0.25) is 0 Å². The molecule has 0 fully saturated rings. The molecule has 1 unspecified atom stereocenters. The second-order valence-corrected chi connectivity index (χ2v) is 4.90. The van der Waals surface area contributed by atoms with E-state index in [1.54, 1.807) is 12.4 Å². The highest BCUT2D eigenvalue weighted by Gasteiger charge is 2.05. The van der Waals surface area contributed by atoms with Gasteiger partial charge in [-0.2, -0.15) is 0 Å². The summed E-state index contributed by atoms with van der Waals surface area (Å²) in [5, 5.41) is 0. The average Bonchev–Trinajstić information content (AvgIpc) is 2.40. The van der Waals surface area contributed by atoms with E-state index >= 15 is 0 Å². The topological polar surface area (TPSA) is 48.1 Å². The van der Waals surface area contributed by atoms with E-state index in [1.807, 2.05) is 36.4 Å². The van der Waals surface area contributed by atoms with Crippen LogP contribution in [-0.2, 0) is 0 Å². The molecular formula is C14H15BrN2O. The number of rotatable bonds is 5. The standard InChI is InChI=1S/C14H15BrN2O/c15-12-4-1-5-13(9-12)18-8-6-14(16)11-3-2-7-17-10-11/h1-5,7,9-10,14H,6,8,16H2. The molecule has 94 valence electrons. The molecule has 0 aliphatic rings. The van der Waals surface area contributed by atoms with Crippen LogP contribution in [-0.4, -0.2) is 11.6 Å². The highest BCUT2D eigenvalue weighted by Crippen LogP contribution is 2.19. The van der Waals surface area contributed by atoms with Crippen molar-refractivity contribution in [1.29, 1.82) is 0 Å². The van der Waals surface area contributed by atoms with Gasteiger partial charge in [0.1, 0.15) is 5.75 Å². The van der Waals surface area contributed by atoms with E-state index in [9.17, 15) is 0 Å². The molecule has 0 saturated heterocycles. The third kappa shape index (κ3) is 3.82. The molecule has 3 nitrogen and oxygen atoms in total. The molecule has 0 saturated carbocycles. The average molecular weight is 307 g/mol. The maximum absolute atomic E-state index is 6.06. The van der Waals surface area contributed by atoms with Gasteiger partial charge in [-0.3, -0.25) is 4.98 Å². The van der Waals surface area contributed by atoms with E-state index < -0.39 is 0 Å². The van der Waals surface area contributed by atoms with E-state index in [0.717, 1.165) is 22.2 Å². The van der Waals surface area contributed by atoms with Gasteiger partial charge in [-0.1, -0.05) is 28.1 Å². The molecule has 1 aromatic carbocycles. The van der Waals surface area contributed by atoms with Crippen molar-refractivity contribution in [3.05, 3.63) is 58.8 Å². The second kappa shape index (κ2) is 6.52. The lowest BCUT2D eigenvalue weighted by Crippen LogP contribution is -2.14. The van der Waals surface area contributed by atoms with Gasteiger partial charge < -0.3 is 10.5 Å². The summed E-state index contributed by atoms with van der Waals surface area (Å²) in [5.74, 6) is 0.850. The summed E-state index contributed by atoms with van der Waals surface area (Å²) < 4.78 is 6.66. The van der Waals surface area contributed by atoms with Crippen LogP contribution in [0.4, 0.5) is 0 Å². The Morgan fingerprint density at radius 1 is 1.28 bits per heavy atom. The van der Waals surface area contributed by atoms with Crippen molar-refractivity contribution in [2.24, 2.45) is 5.73 Å². The third-order valence-corrected chi connectivity index (χ3v) is 3.10. The SMILES string of the molecule is NC(CCOc1cccc(Br)c1)c1cccnc1. The first-order valence-corrected chi connectivity index (χ1v) is 6.59. The summed E-state index contributed by atoms with van der Waals surface area (Å²) in [6.45, 7) is 0.590. The van der Waals surface area contributed by atoms with Crippen molar-refractivity contribution in [3.63, 3.8) is 0 Å². The smallest absolute Gasteiger partial charge is 0.120 e. The molecule has 0 amide bonds. The van der Waals surface area contributed by atoms with Crippen LogP contribution >= 0.6 is 15.9 Å². The summed E-state index contributed by atoms with van der Waals surface area (Å²) >= 11 is 3.41. The molecule has 2 aromatic rings. The van der Waals surface area contributed by atoms with Crippen LogP contribution < -0.4 is 10.5 Å². The fourth-order valence-corrected chi connectivity index (χ4v) is 2.00. The van der Waals surface area contributed by atoms with Gasteiger partial charge in [-0.25, -0.2) is 0 Å². The zero-order valence-corrected chi connectivity index (χ0v) is 11.5. The number of hydrogen-bond acceptors (Lipinski definition) is 3. The highest BCUT2D eigenvalue weighted by molar-refractivity contribution is 9.10. The summed E-state index contributed by atoms with van der Waals surface area (Å²) in [4.78, 5) is 4.06. The van der Waals surface area contributed by atoms with Gasteiger partial charge >= 0.3 is 0 Å². The van der Waals surface area contributed by atoms with Crippen LogP contribution in [0.5, 0.6) is 5.75 Å². The van der Waals surface area contributed by atoms with E-state index in [2.05, 4.69) is 20.9 Å². The van der Waals surface area contributed by atoms with Crippen molar-refractivity contribution in [3.8, 4) is 5.75 Å². The number of benzene rings is 1. The van der Waals surface area contributed by atoms with Crippen molar-refractivity contribution < 1.29 is 4.74 Å². The van der Waals surface area contributed by atoms with Crippen LogP contribution in [0.25, 0.3) is 0 Å². The monoisotopic (exact) mass is 306 g/mol. The van der Waals surface area contributed by atoms with Crippen molar-refractivity contribution in [2.75, 3.05) is 6.61 Å². The van der Waals surface area contributed by atoms with Crippen molar-refractivity contribution in [1.82, 2.24) is 4.98 Å². The lowest BCUT2D eigenvalue weighted by molar-refractivity contribution is 0.298.